The minimum absolute atomic E-state index is 0.00745. The lowest BCUT2D eigenvalue weighted by atomic mass is 10.2. The molecule has 2 N–H and O–H groups in total. The highest BCUT2D eigenvalue weighted by molar-refractivity contribution is 5.82. The van der Waals surface area contributed by atoms with Crippen molar-refractivity contribution in [1.29, 1.82) is 0 Å². The fourth-order valence-corrected chi connectivity index (χ4v) is 3.27. The number of hydrogen-bond donors (Lipinski definition) is 2. The number of nitrogens with zero attached hydrogens (tertiary/aromatic N) is 2. The number of aromatic amines is 1. The van der Waals surface area contributed by atoms with Crippen LogP contribution in [0, 0.1) is 0 Å². The molecule has 6 heteroatoms. The summed E-state index contributed by atoms with van der Waals surface area (Å²) in [7, 11) is 1.67. The Morgan fingerprint density at radius 3 is 2.93 bits per heavy atom. The molecule has 0 aliphatic rings. The van der Waals surface area contributed by atoms with E-state index >= 15 is 0 Å². The van der Waals surface area contributed by atoms with Crippen molar-refractivity contribution >= 4 is 21.8 Å². The van der Waals surface area contributed by atoms with E-state index < -0.39 is 0 Å². The molecular formula is C21H22N4O2. The van der Waals surface area contributed by atoms with E-state index in [4.69, 9.17) is 4.74 Å². The highest BCUT2D eigenvalue weighted by Gasteiger charge is 2.09. The smallest absolute Gasteiger partial charge is 0.261 e. The molecule has 0 fully saturated rings. The SMILES string of the molecule is COc1ccc2[nH]c(CNC(C)Cn3cnc4ccccc4c3=O)cc2c1. The van der Waals surface area contributed by atoms with Crippen molar-refractivity contribution in [3.8, 4) is 5.75 Å². The van der Waals surface area contributed by atoms with Crippen LogP contribution in [-0.4, -0.2) is 27.7 Å². The lowest BCUT2D eigenvalue weighted by Crippen LogP contribution is -2.34. The molecular weight excluding hydrogens is 340 g/mol. The topological polar surface area (TPSA) is 71.9 Å². The minimum Gasteiger partial charge on any atom is -0.497 e. The number of hydrogen-bond acceptors (Lipinski definition) is 4. The first-order valence-electron chi connectivity index (χ1n) is 8.97. The zero-order chi connectivity index (χ0) is 18.8. The van der Waals surface area contributed by atoms with Gasteiger partial charge < -0.3 is 15.0 Å². The van der Waals surface area contributed by atoms with E-state index in [0.717, 1.165) is 27.9 Å². The average Bonchev–Trinajstić information content (AvgIpc) is 3.11. The van der Waals surface area contributed by atoms with Crippen molar-refractivity contribution in [1.82, 2.24) is 19.9 Å². The summed E-state index contributed by atoms with van der Waals surface area (Å²) < 4.78 is 6.93. The van der Waals surface area contributed by atoms with Gasteiger partial charge in [0.05, 0.1) is 24.3 Å². The number of methoxy groups -OCH3 is 1. The van der Waals surface area contributed by atoms with E-state index in [0.29, 0.717) is 18.5 Å². The Bertz CT molecular complexity index is 1150. The number of para-hydroxylation sites is 1. The summed E-state index contributed by atoms with van der Waals surface area (Å²) >= 11 is 0. The highest BCUT2D eigenvalue weighted by Crippen LogP contribution is 2.21. The lowest BCUT2D eigenvalue weighted by molar-refractivity contribution is 0.415. The maximum Gasteiger partial charge on any atom is 0.261 e. The highest BCUT2D eigenvalue weighted by atomic mass is 16.5. The molecule has 6 nitrogen and oxygen atoms in total. The van der Waals surface area contributed by atoms with Gasteiger partial charge in [0.1, 0.15) is 5.75 Å². The molecule has 4 aromatic rings. The first kappa shape index (κ1) is 17.3. The van der Waals surface area contributed by atoms with Gasteiger partial charge in [-0.25, -0.2) is 4.98 Å². The number of ether oxygens (including phenoxy) is 1. The number of benzene rings is 2. The van der Waals surface area contributed by atoms with Crippen LogP contribution in [0.5, 0.6) is 5.75 Å². The number of aromatic nitrogens is 3. The van der Waals surface area contributed by atoms with Crippen LogP contribution in [0.4, 0.5) is 0 Å². The third-order valence-corrected chi connectivity index (χ3v) is 4.73. The van der Waals surface area contributed by atoms with Gasteiger partial charge in [0, 0.05) is 35.7 Å². The Morgan fingerprint density at radius 2 is 2.07 bits per heavy atom. The normalized spacial score (nSPS) is 12.5. The molecule has 0 spiro atoms. The fourth-order valence-electron chi connectivity index (χ4n) is 3.27. The first-order chi connectivity index (χ1) is 13.1. The van der Waals surface area contributed by atoms with Gasteiger partial charge in [-0.2, -0.15) is 0 Å². The van der Waals surface area contributed by atoms with Gasteiger partial charge >= 0.3 is 0 Å². The van der Waals surface area contributed by atoms with Crippen LogP contribution < -0.4 is 15.6 Å². The molecule has 0 saturated heterocycles. The third kappa shape index (κ3) is 3.57. The number of nitrogens with one attached hydrogen (secondary N) is 2. The van der Waals surface area contributed by atoms with Crippen molar-refractivity contribution in [3.05, 3.63) is 70.9 Å². The van der Waals surface area contributed by atoms with Gasteiger partial charge in [0.25, 0.3) is 5.56 Å². The summed E-state index contributed by atoms with van der Waals surface area (Å²) in [5.41, 5.74) is 2.89. The minimum atomic E-state index is -0.00745. The molecule has 1 unspecified atom stereocenters. The van der Waals surface area contributed by atoms with Crippen molar-refractivity contribution in [2.24, 2.45) is 0 Å². The summed E-state index contributed by atoms with van der Waals surface area (Å²) in [5.74, 6) is 0.845. The lowest BCUT2D eigenvalue weighted by Gasteiger charge is -2.15. The Labute approximate surface area is 156 Å². The first-order valence-corrected chi connectivity index (χ1v) is 8.97. The average molecular weight is 362 g/mol. The summed E-state index contributed by atoms with van der Waals surface area (Å²) in [6.07, 6.45) is 1.62. The van der Waals surface area contributed by atoms with Crippen LogP contribution >= 0.6 is 0 Å². The summed E-state index contributed by atoms with van der Waals surface area (Å²) in [4.78, 5) is 20.4. The van der Waals surface area contributed by atoms with E-state index in [1.165, 1.54) is 0 Å². The van der Waals surface area contributed by atoms with Crippen molar-refractivity contribution in [2.45, 2.75) is 26.1 Å². The molecule has 2 heterocycles. The molecule has 0 bridgehead atoms. The quantitative estimate of drug-likeness (QED) is 0.553. The van der Waals surface area contributed by atoms with E-state index in [2.05, 4.69) is 28.3 Å². The van der Waals surface area contributed by atoms with Gasteiger partial charge in [-0.1, -0.05) is 12.1 Å². The molecule has 2 aromatic carbocycles. The van der Waals surface area contributed by atoms with E-state index in [9.17, 15) is 4.79 Å². The second-order valence-electron chi connectivity index (χ2n) is 6.75. The van der Waals surface area contributed by atoms with Gasteiger partial charge in [0.2, 0.25) is 0 Å². The molecule has 0 aliphatic heterocycles. The molecule has 4 rings (SSSR count). The maximum atomic E-state index is 12.6. The van der Waals surface area contributed by atoms with Crippen LogP contribution in [-0.2, 0) is 13.1 Å². The zero-order valence-electron chi connectivity index (χ0n) is 15.4. The van der Waals surface area contributed by atoms with E-state index in [1.54, 1.807) is 18.0 Å². The zero-order valence-corrected chi connectivity index (χ0v) is 15.4. The monoisotopic (exact) mass is 362 g/mol. The van der Waals surface area contributed by atoms with Crippen LogP contribution in [0.25, 0.3) is 21.8 Å². The summed E-state index contributed by atoms with van der Waals surface area (Å²) in [6.45, 7) is 3.31. The molecule has 1 atom stereocenters. The number of fused-ring (bicyclic) bond motifs is 2. The summed E-state index contributed by atoms with van der Waals surface area (Å²) in [5, 5.41) is 5.23. The maximum absolute atomic E-state index is 12.6. The largest absolute Gasteiger partial charge is 0.497 e. The van der Waals surface area contributed by atoms with Gasteiger partial charge in [0.15, 0.2) is 0 Å². The van der Waals surface area contributed by atoms with Crippen molar-refractivity contribution < 1.29 is 4.74 Å². The second-order valence-corrected chi connectivity index (χ2v) is 6.75. The predicted molar refractivity (Wildman–Crippen MR) is 107 cm³/mol. The van der Waals surface area contributed by atoms with E-state index in [-0.39, 0.29) is 11.6 Å². The molecule has 27 heavy (non-hydrogen) atoms. The van der Waals surface area contributed by atoms with Gasteiger partial charge in [-0.3, -0.25) is 9.36 Å². The Kier molecular flexibility index (Phi) is 4.64. The molecule has 0 radical (unpaired) electrons. The summed E-state index contributed by atoms with van der Waals surface area (Å²) in [6, 6.07) is 15.6. The van der Waals surface area contributed by atoms with Gasteiger partial charge in [-0.05, 0) is 43.3 Å². The molecule has 138 valence electrons. The Balaban J connectivity index is 1.45. The van der Waals surface area contributed by atoms with Crippen LogP contribution in [0.3, 0.4) is 0 Å². The number of rotatable bonds is 6. The molecule has 0 aliphatic carbocycles. The Hall–Kier alpha value is -3.12. The standard InChI is InChI=1S/C21H22N4O2/c1-14(12-25-13-23-20-6-4-3-5-18(20)21(25)26)22-11-16-9-15-10-17(27-2)7-8-19(15)24-16/h3-10,13-14,22,24H,11-12H2,1-2H3. The molecule has 0 amide bonds. The van der Waals surface area contributed by atoms with Crippen molar-refractivity contribution in [3.63, 3.8) is 0 Å². The number of H-pyrrole nitrogens is 1. The van der Waals surface area contributed by atoms with Crippen LogP contribution in [0.2, 0.25) is 0 Å². The van der Waals surface area contributed by atoms with Crippen LogP contribution in [0.1, 0.15) is 12.6 Å². The predicted octanol–water partition coefficient (Wildman–Crippen LogP) is 3.06. The Morgan fingerprint density at radius 1 is 1.22 bits per heavy atom. The third-order valence-electron chi connectivity index (χ3n) is 4.73. The van der Waals surface area contributed by atoms with E-state index in [1.807, 2.05) is 42.5 Å². The molecule has 0 saturated carbocycles. The van der Waals surface area contributed by atoms with Gasteiger partial charge in [-0.15, -0.1) is 0 Å². The van der Waals surface area contributed by atoms with Crippen molar-refractivity contribution in [2.75, 3.05) is 7.11 Å². The van der Waals surface area contributed by atoms with Crippen LogP contribution in [0.15, 0.2) is 59.7 Å². The molecule has 2 aromatic heterocycles. The fraction of sp³-hybridized carbons (Fsp3) is 0.238. The second kappa shape index (κ2) is 7.25.